The lowest BCUT2D eigenvalue weighted by atomic mass is 10.2. The molecule has 2 aromatic carbocycles. The zero-order chi connectivity index (χ0) is 19.1. The third kappa shape index (κ3) is 5.44. The van der Waals surface area contributed by atoms with E-state index in [0.29, 0.717) is 25.7 Å². The summed E-state index contributed by atoms with van der Waals surface area (Å²) in [6, 6.07) is 17.9. The molecule has 0 fully saturated rings. The van der Waals surface area contributed by atoms with Gasteiger partial charge < -0.3 is 14.2 Å². The summed E-state index contributed by atoms with van der Waals surface area (Å²) in [5.41, 5.74) is 1.94. The van der Waals surface area contributed by atoms with Gasteiger partial charge in [0.15, 0.2) is 0 Å². The molecular weight excluding hydrogens is 406 g/mol. The fourth-order valence-electron chi connectivity index (χ4n) is 2.77. The normalized spacial score (nSPS) is 12.1. The van der Waals surface area contributed by atoms with E-state index in [1.165, 1.54) is 0 Å². The maximum atomic E-state index is 6.10. The highest BCUT2D eigenvalue weighted by Gasteiger charge is 2.12. The van der Waals surface area contributed by atoms with E-state index < -0.39 is 0 Å². The van der Waals surface area contributed by atoms with Gasteiger partial charge in [-0.3, -0.25) is 0 Å². The van der Waals surface area contributed by atoms with E-state index in [0.717, 1.165) is 33.1 Å². The van der Waals surface area contributed by atoms with Crippen molar-refractivity contribution in [3.63, 3.8) is 0 Å². The van der Waals surface area contributed by atoms with E-state index in [1.807, 2.05) is 61.5 Å². The summed E-state index contributed by atoms with van der Waals surface area (Å²) < 4.78 is 18.7. The number of hydrogen-bond acceptors (Lipinski definition) is 4. The molecule has 0 bridgehead atoms. The summed E-state index contributed by atoms with van der Waals surface area (Å²) in [7, 11) is 0. The summed E-state index contributed by atoms with van der Waals surface area (Å²) in [6.45, 7) is 5.71. The van der Waals surface area contributed by atoms with Crippen LogP contribution in [-0.2, 0) is 11.3 Å². The molecular formula is C22H24BrNO3. The Kier molecular flexibility index (Phi) is 7.07. The Balaban J connectivity index is 1.83. The van der Waals surface area contributed by atoms with Gasteiger partial charge in [-0.15, -0.1) is 0 Å². The summed E-state index contributed by atoms with van der Waals surface area (Å²) in [4.78, 5) is 4.63. The van der Waals surface area contributed by atoms with Crippen molar-refractivity contribution in [3.05, 3.63) is 64.6 Å². The molecule has 1 aromatic heterocycles. The van der Waals surface area contributed by atoms with E-state index in [-0.39, 0.29) is 6.10 Å². The van der Waals surface area contributed by atoms with E-state index in [1.54, 1.807) is 0 Å². The van der Waals surface area contributed by atoms with Gasteiger partial charge >= 0.3 is 0 Å². The van der Waals surface area contributed by atoms with E-state index in [4.69, 9.17) is 14.2 Å². The number of pyridine rings is 1. The number of ether oxygens (including phenoxy) is 3. The van der Waals surface area contributed by atoms with Gasteiger partial charge in [-0.1, -0.05) is 53.2 Å². The molecule has 5 heteroatoms. The van der Waals surface area contributed by atoms with E-state index in [2.05, 4.69) is 27.8 Å². The van der Waals surface area contributed by atoms with Crippen LogP contribution in [0, 0.1) is 0 Å². The van der Waals surface area contributed by atoms with Crippen molar-refractivity contribution in [2.24, 2.45) is 0 Å². The van der Waals surface area contributed by atoms with Gasteiger partial charge in [0.2, 0.25) is 5.88 Å². The van der Waals surface area contributed by atoms with Gasteiger partial charge in [-0.25, -0.2) is 4.98 Å². The van der Waals surface area contributed by atoms with Crippen molar-refractivity contribution in [2.45, 2.75) is 33.0 Å². The van der Waals surface area contributed by atoms with Gasteiger partial charge in [0.1, 0.15) is 19.0 Å². The molecule has 3 rings (SSSR count). The standard InChI is InChI=1S/C22H24BrNO3/c1-3-18(25-4-2)15-27-22-13-21(26-14-16-8-6-5-7-9-16)19-11-10-17(23)12-20(19)24-22/h5-13,18H,3-4,14-15H2,1-2H3. The number of halogens is 1. The number of rotatable bonds is 9. The first-order valence-corrected chi connectivity index (χ1v) is 10.00. The van der Waals surface area contributed by atoms with E-state index in [9.17, 15) is 0 Å². The third-order valence-corrected chi connectivity index (χ3v) is 4.72. The summed E-state index contributed by atoms with van der Waals surface area (Å²) >= 11 is 3.51. The second-order valence-electron chi connectivity index (χ2n) is 6.19. The van der Waals surface area contributed by atoms with Crippen molar-refractivity contribution < 1.29 is 14.2 Å². The Morgan fingerprint density at radius 1 is 1.00 bits per heavy atom. The second kappa shape index (κ2) is 9.72. The zero-order valence-corrected chi connectivity index (χ0v) is 17.2. The van der Waals surface area contributed by atoms with Gasteiger partial charge in [0.25, 0.3) is 0 Å². The van der Waals surface area contributed by atoms with Crippen LogP contribution in [0.5, 0.6) is 11.6 Å². The Labute approximate surface area is 168 Å². The zero-order valence-electron chi connectivity index (χ0n) is 15.7. The fraction of sp³-hybridized carbons (Fsp3) is 0.318. The van der Waals surface area contributed by atoms with Gasteiger partial charge in [0.05, 0.1) is 11.6 Å². The highest BCUT2D eigenvalue weighted by molar-refractivity contribution is 9.10. The molecule has 1 heterocycles. The monoisotopic (exact) mass is 429 g/mol. The van der Waals surface area contributed by atoms with Crippen molar-refractivity contribution in [3.8, 4) is 11.6 Å². The predicted molar refractivity (Wildman–Crippen MR) is 111 cm³/mol. The molecule has 0 saturated heterocycles. The molecule has 0 N–H and O–H groups in total. The lowest BCUT2D eigenvalue weighted by Gasteiger charge is -2.17. The Morgan fingerprint density at radius 2 is 1.81 bits per heavy atom. The molecule has 0 saturated carbocycles. The maximum absolute atomic E-state index is 6.10. The minimum atomic E-state index is 0.0590. The molecule has 1 unspecified atom stereocenters. The number of aromatic nitrogens is 1. The van der Waals surface area contributed by atoms with Crippen LogP contribution in [0.2, 0.25) is 0 Å². The fourth-order valence-corrected chi connectivity index (χ4v) is 3.12. The first-order valence-electron chi connectivity index (χ1n) is 9.21. The van der Waals surface area contributed by atoms with Crippen LogP contribution in [0.3, 0.4) is 0 Å². The number of benzene rings is 2. The quantitative estimate of drug-likeness (QED) is 0.432. The first kappa shape index (κ1) is 19.6. The minimum Gasteiger partial charge on any atom is -0.488 e. The van der Waals surface area contributed by atoms with Gasteiger partial charge in [-0.05, 0) is 37.1 Å². The molecule has 0 aliphatic carbocycles. The lowest BCUT2D eigenvalue weighted by Crippen LogP contribution is -2.21. The second-order valence-corrected chi connectivity index (χ2v) is 7.11. The minimum absolute atomic E-state index is 0.0590. The summed E-state index contributed by atoms with van der Waals surface area (Å²) in [6.07, 6.45) is 0.952. The summed E-state index contributed by atoms with van der Waals surface area (Å²) in [5.74, 6) is 1.30. The van der Waals surface area contributed by atoms with Crippen LogP contribution < -0.4 is 9.47 Å². The molecule has 0 radical (unpaired) electrons. The number of fused-ring (bicyclic) bond motifs is 1. The molecule has 0 amide bonds. The third-order valence-electron chi connectivity index (χ3n) is 4.22. The average Bonchev–Trinajstić information content (AvgIpc) is 2.69. The molecule has 0 aliphatic heterocycles. The van der Waals surface area contributed by atoms with Crippen molar-refractivity contribution in [2.75, 3.05) is 13.2 Å². The molecule has 142 valence electrons. The first-order chi connectivity index (χ1) is 13.2. The van der Waals surface area contributed by atoms with Gasteiger partial charge in [-0.2, -0.15) is 0 Å². The number of nitrogens with zero attached hydrogens (tertiary/aromatic N) is 1. The Bertz CT molecular complexity index is 870. The maximum Gasteiger partial charge on any atom is 0.217 e. The van der Waals surface area contributed by atoms with Crippen LogP contribution in [0.4, 0.5) is 0 Å². The van der Waals surface area contributed by atoms with Crippen molar-refractivity contribution in [1.82, 2.24) is 4.98 Å². The predicted octanol–water partition coefficient (Wildman–Crippen LogP) is 5.77. The van der Waals surface area contributed by atoms with Crippen LogP contribution >= 0.6 is 15.9 Å². The SMILES string of the molecule is CCOC(CC)COc1cc(OCc2ccccc2)c2ccc(Br)cc2n1. The van der Waals surface area contributed by atoms with Gasteiger partial charge in [0, 0.05) is 22.5 Å². The van der Waals surface area contributed by atoms with Crippen molar-refractivity contribution >= 4 is 26.8 Å². The topological polar surface area (TPSA) is 40.6 Å². The molecule has 0 aliphatic rings. The van der Waals surface area contributed by atoms with Crippen LogP contribution in [0.1, 0.15) is 25.8 Å². The smallest absolute Gasteiger partial charge is 0.217 e. The Morgan fingerprint density at radius 3 is 2.56 bits per heavy atom. The van der Waals surface area contributed by atoms with Crippen molar-refractivity contribution in [1.29, 1.82) is 0 Å². The Hall–Kier alpha value is -2.11. The lowest BCUT2D eigenvalue weighted by molar-refractivity contribution is 0.0244. The molecule has 3 aromatic rings. The number of hydrogen-bond donors (Lipinski definition) is 0. The largest absolute Gasteiger partial charge is 0.488 e. The summed E-state index contributed by atoms with van der Waals surface area (Å²) in [5, 5.41) is 0.957. The average molecular weight is 430 g/mol. The highest BCUT2D eigenvalue weighted by atomic mass is 79.9. The van der Waals surface area contributed by atoms with Crippen LogP contribution in [-0.4, -0.2) is 24.3 Å². The highest BCUT2D eigenvalue weighted by Crippen LogP contribution is 2.31. The molecule has 1 atom stereocenters. The molecule has 27 heavy (non-hydrogen) atoms. The van der Waals surface area contributed by atoms with Crippen LogP contribution in [0.25, 0.3) is 10.9 Å². The van der Waals surface area contributed by atoms with E-state index >= 15 is 0 Å². The molecule has 0 spiro atoms. The van der Waals surface area contributed by atoms with Crippen LogP contribution in [0.15, 0.2) is 59.1 Å². The molecule has 4 nitrogen and oxygen atoms in total.